The lowest BCUT2D eigenvalue weighted by molar-refractivity contribution is -0.124. The number of hydrogen-bond donors (Lipinski definition) is 2. The second kappa shape index (κ2) is 10.6. The fraction of sp³-hybridized carbons (Fsp3) is 0.261. The van der Waals surface area contributed by atoms with Gasteiger partial charge in [-0.15, -0.1) is 11.3 Å². The maximum atomic E-state index is 12.7. The number of thiophene rings is 1. The number of benzene rings is 1. The molecule has 0 radical (unpaired) electrons. The highest BCUT2D eigenvalue weighted by Gasteiger charge is 2.24. The Morgan fingerprint density at radius 3 is 2.55 bits per heavy atom. The Balaban J connectivity index is 1.55. The Kier molecular flexibility index (Phi) is 7.61. The van der Waals surface area contributed by atoms with Gasteiger partial charge in [0, 0.05) is 24.9 Å². The van der Waals surface area contributed by atoms with Crippen LogP contribution < -0.4 is 20.1 Å². The minimum atomic E-state index is -0.627. The predicted octanol–water partition coefficient (Wildman–Crippen LogP) is 4.01. The second-order valence-electron chi connectivity index (χ2n) is 7.18. The molecule has 1 unspecified atom stereocenters. The highest BCUT2D eigenvalue weighted by Crippen LogP contribution is 2.23. The zero-order valence-corrected chi connectivity index (χ0v) is 18.4. The molecule has 1 aromatic carbocycles. The van der Waals surface area contributed by atoms with Gasteiger partial charge in [0.25, 0.3) is 5.91 Å². The van der Waals surface area contributed by atoms with Crippen molar-refractivity contribution in [3.63, 3.8) is 0 Å². The van der Waals surface area contributed by atoms with Gasteiger partial charge in [0.2, 0.25) is 11.8 Å². The number of nitrogens with zero attached hydrogens (tertiary/aromatic N) is 1. The topological polar surface area (TPSA) is 89.5 Å². The van der Waals surface area contributed by atoms with Gasteiger partial charge in [0.05, 0.1) is 12.0 Å². The summed E-state index contributed by atoms with van der Waals surface area (Å²) in [5, 5.41) is 7.51. The van der Waals surface area contributed by atoms with Crippen LogP contribution in [0.1, 0.15) is 29.1 Å². The third-order valence-corrected chi connectivity index (χ3v) is 5.38. The highest BCUT2D eigenvalue weighted by atomic mass is 32.1. The molecule has 1 atom stereocenters. The maximum absolute atomic E-state index is 12.7. The van der Waals surface area contributed by atoms with E-state index >= 15 is 0 Å². The first-order valence-corrected chi connectivity index (χ1v) is 10.7. The molecule has 0 aliphatic carbocycles. The van der Waals surface area contributed by atoms with E-state index in [1.54, 1.807) is 37.6 Å². The van der Waals surface area contributed by atoms with Crippen LogP contribution in [-0.2, 0) is 11.3 Å². The minimum absolute atomic E-state index is 0.0549. The Morgan fingerprint density at radius 2 is 1.90 bits per heavy atom. The van der Waals surface area contributed by atoms with E-state index in [1.807, 2.05) is 43.5 Å². The van der Waals surface area contributed by atoms with Crippen molar-refractivity contribution in [1.29, 1.82) is 0 Å². The van der Waals surface area contributed by atoms with Crippen LogP contribution in [0.5, 0.6) is 17.4 Å². The molecule has 2 heterocycles. The van der Waals surface area contributed by atoms with Gasteiger partial charge < -0.3 is 20.1 Å². The number of carbonyl (C=O) groups excluding carboxylic acids is 2. The molecule has 0 fully saturated rings. The van der Waals surface area contributed by atoms with Gasteiger partial charge in [-0.05, 0) is 35.1 Å². The van der Waals surface area contributed by atoms with E-state index in [2.05, 4.69) is 15.6 Å². The second-order valence-corrected chi connectivity index (χ2v) is 8.12. The van der Waals surface area contributed by atoms with Crippen LogP contribution in [0.4, 0.5) is 0 Å². The van der Waals surface area contributed by atoms with Crippen LogP contribution in [0.25, 0.3) is 0 Å². The van der Waals surface area contributed by atoms with Crippen molar-refractivity contribution in [2.24, 2.45) is 5.92 Å². The van der Waals surface area contributed by atoms with Crippen LogP contribution in [0, 0.1) is 5.92 Å². The average molecular weight is 440 g/mol. The number of methoxy groups -OCH3 is 1. The molecular formula is C23H25N3O4S. The monoisotopic (exact) mass is 439 g/mol. The summed E-state index contributed by atoms with van der Waals surface area (Å²) in [7, 11) is 1.60. The van der Waals surface area contributed by atoms with Gasteiger partial charge in [0.15, 0.2) is 0 Å². The molecule has 3 rings (SSSR count). The Bertz CT molecular complexity index is 1000. The third kappa shape index (κ3) is 6.29. The first-order chi connectivity index (χ1) is 15.0. The highest BCUT2D eigenvalue weighted by molar-refractivity contribution is 7.12. The van der Waals surface area contributed by atoms with Crippen LogP contribution in [0.3, 0.4) is 0 Å². The molecule has 2 N–H and O–H groups in total. The van der Waals surface area contributed by atoms with Crippen molar-refractivity contribution >= 4 is 23.2 Å². The summed E-state index contributed by atoms with van der Waals surface area (Å²) in [6.07, 6.45) is 1.64. The number of amides is 2. The summed E-state index contributed by atoms with van der Waals surface area (Å²) < 4.78 is 10.9. The summed E-state index contributed by atoms with van der Waals surface area (Å²) in [4.78, 5) is 29.8. The molecule has 162 valence electrons. The van der Waals surface area contributed by atoms with Crippen LogP contribution >= 0.6 is 11.3 Å². The molecule has 31 heavy (non-hydrogen) atoms. The Hall–Kier alpha value is -3.39. The lowest BCUT2D eigenvalue weighted by atomic mass is 10.0. The molecule has 0 saturated carbocycles. The molecule has 0 aliphatic rings. The lowest BCUT2D eigenvalue weighted by Crippen LogP contribution is -2.49. The quantitative estimate of drug-likeness (QED) is 0.526. The fourth-order valence-electron chi connectivity index (χ4n) is 2.82. The van der Waals surface area contributed by atoms with Gasteiger partial charge in [0.1, 0.15) is 17.5 Å². The van der Waals surface area contributed by atoms with E-state index in [0.717, 1.165) is 5.56 Å². The van der Waals surface area contributed by atoms with E-state index in [0.29, 0.717) is 28.8 Å². The Morgan fingerprint density at radius 1 is 1.10 bits per heavy atom. The van der Waals surface area contributed by atoms with Crippen molar-refractivity contribution < 1.29 is 19.1 Å². The van der Waals surface area contributed by atoms with E-state index in [9.17, 15) is 9.59 Å². The van der Waals surface area contributed by atoms with Gasteiger partial charge in [-0.1, -0.05) is 32.0 Å². The van der Waals surface area contributed by atoms with Crippen LogP contribution in [0.2, 0.25) is 0 Å². The number of rotatable bonds is 9. The van der Waals surface area contributed by atoms with Crippen molar-refractivity contribution in [3.8, 4) is 17.4 Å². The standard InChI is InChI=1S/C23H25N3O4S/c1-15(2)21(26-22(27)19-8-5-11-31-19)23(28)25-14-16-9-10-20(24-13-16)30-18-7-4-6-17(12-18)29-3/h4-13,15,21H,14H2,1-3H3,(H,25,28)(H,26,27). The van der Waals surface area contributed by atoms with E-state index in [1.165, 1.54) is 11.3 Å². The van der Waals surface area contributed by atoms with Crippen molar-refractivity contribution in [1.82, 2.24) is 15.6 Å². The van der Waals surface area contributed by atoms with Crippen LogP contribution in [-0.4, -0.2) is 29.9 Å². The zero-order valence-electron chi connectivity index (χ0n) is 17.6. The number of nitrogens with one attached hydrogen (secondary N) is 2. The zero-order chi connectivity index (χ0) is 22.2. The van der Waals surface area contributed by atoms with E-state index in [4.69, 9.17) is 9.47 Å². The molecule has 8 heteroatoms. The number of ether oxygens (including phenoxy) is 2. The van der Waals surface area contributed by atoms with Crippen molar-refractivity contribution in [2.75, 3.05) is 7.11 Å². The predicted molar refractivity (Wildman–Crippen MR) is 120 cm³/mol. The van der Waals surface area contributed by atoms with Gasteiger partial charge in [-0.3, -0.25) is 9.59 Å². The van der Waals surface area contributed by atoms with E-state index in [-0.39, 0.29) is 17.7 Å². The normalized spacial score (nSPS) is 11.6. The number of carbonyl (C=O) groups is 2. The molecule has 7 nitrogen and oxygen atoms in total. The summed E-state index contributed by atoms with van der Waals surface area (Å²) in [6.45, 7) is 4.08. The summed E-state index contributed by atoms with van der Waals surface area (Å²) >= 11 is 1.34. The van der Waals surface area contributed by atoms with Crippen LogP contribution in [0.15, 0.2) is 60.1 Å². The summed E-state index contributed by atoms with van der Waals surface area (Å²) in [6, 6.07) is 13.7. The number of hydrogen-bond acceptors (Lipinski definition) is 6. The minimum Gasteiger partial charge on any atom is -0.497 e. The molecule has 0 saturated heterocycles. The summed E-state index contributed by atoms with van der Waals surface area (Å²) in [5.41, 5.74) is 0.818. The molecule has 2 aromatic heterocycles. The molecule has 2 amide bonds. The first kappa shape index (κ1) is 22.3. The van der Waals surface area contributed by atoms with Gasteiger partial charge >= 0.3 is 0 Å². The number of pyridine rings is 1. The van der Waals surface area contributed by atoms with E-state index < -0.39 is 6.04 Å². The maximum Gasteiger partial charge on any atom is 0.262 e. The summed E-state index contributed by atoms with van der Waals surface area (Å²) in [5.74, 6) is 1.21. The Labute approximate surface area is 185 Å². The SMILES string of the molecule is COc1cccc(Oc2ccc(CNC(=O)C(NC(=O)c3cccs3)C(C)C)cn2)c1. The fourth-order valence-corrected chi connectivity index (χ4v) is 3.44. The molecule has 3 aromatic rings. The van der Waals surface area contributed by atoms with Gasteiger partial charge in [-0.25, -0.2) is 4.98 Å². The molecular weight excluding hydrogens is 414 g/mol. The third-order valence-electron chi connectivity index (χ3n) is 4.51. The molecule has 0 spiro atoms. The average Bonchev–Trinajstić information content (AvgIpc) is 3.32. The molecule has 0 bridgehead atoms. The van der Waals surface area contributed by atoms with Crippen molar-refractivity contribution in [3.05, 3.63) is 70.5 Å². The first-order valence-electron chi connectivity index (χ1n) is 9.85. The molecule has 0 aliphatic heterocycles. The lowest BCUT2D eigenvalue weighted by Gasteiger charge is -2.21. The van der Waals surface area contributed by atoms with Crippen molar-refractivity contribution in [2.45, 2.75) is 26.4 Å². The number of aromatic nitrogens is 1. The smallest absolute Gasteiger partial charge is 0.262 e. The largest absolute Gasteiger partial charge is 0.497 e. The van der Waals surface area contributed by atoms with Gasteiger partial charge in [-0.2, -0.15) is 0 Å².